The van der Waals surface area contributed by atoms with Crippen molar-refractivity contribution in [3.05, 3.63) is 11.1 Å². The fourth-order valence-corrected chi connectivity index (χ4v) is 5.10. The minimum absolute atomic E-state index is 0.0104. The first kappa shape index (κ1) is 13.7. The Balaban J connectivity index is 1.82. The highest BCUT2D eigenvalue weighted by Crippen LogP contribution is 2.55. The largest absolute Gasteiger partial charge is 0.328 e. The third-order valence-electron chi connectivity index (χ3n) is 5.80. The van der Waals surface area contributed by atoms with Crippen LogP contribution < -0.4 is 10.6 Å². The summed E-state index contributed by atoms with van der Waals surface area (Å²) in [6.07, 6.45) is 6.08. The van der Waals surface area contributed by atoms with Gasteiger partial charge in [-0.1, -0.05) is 25.7 Å². The van der Waals surface area contributed by atoms with Crippen molar-refractivity contribution in [3.63, 3.8) is 0 Å². The van der Waals surface area contributed by atoms with Crippen LogP contribution in [-0.4, -0.2) is 23.6 Å². The van der Waals surface area contributed by atoms with E-state index in [0.717, 1.165) is 38.5 Å². The number of carbonyl (C=O) groups excluding carboxylic acids is 4. The van der Waals surface area contributed by atoms with Crippen molar-refractivity contribution in [2.45, 2.75) is 38.5 Å². The van der Waals surface area contributed by atoms with E-state index >= 15 is 0 Å². The van der Waals surface area contributed by atoms with Gasteiger partial charge in [-0.05, 0) is 30.6 Å². The molecule has 22 heavy (non-hydrogen) atoms. The molecule has 4 atom stereocenters. The van der Waals surface area contributed by atoms with Gasteiger partial charge < -0.3 is 0 Å². The molecule has 0 aromatic carbocycles. The quantitative estimate of drug-likeness (QED) is 0.517. The Morgan fingerprint density at radius 2 is 1.36 bits per heavy atom. The van der Waals surface area contributed by atoms with Crippen LogP contribution in [0.5, 0.6) is 0 Å². The molecule has 3 aliphatic carbocycles. The molecule has 4 aliphatic rings. The van der Waals surface area contributed by atoms with Crippen LogP contribution in [0.15, 0.2) is 11.1 Å². The summed E-state index contributed by atoms with van der Waals surface area (Å²) in [5, 5.41) is 4.19. The van der Waals surface area contributed by atoms with Gasteiger partial charge in [0.2, 0.25) is 0 Å². The van der Waals surface area contributed by atoms with Crippen molar-refractivity contribution in [1.29, 1.82) is 0 Å². The van der Waals surface area contributed by atoms with Crippen molar-refractivity contribution < 1.29 is 19.2 Å². The first-order chi connectivity index (χ1) is 10.6. The predicted octanol–water partition coefficient (Wildman–Crippen LogP) is 1.06. The fourth-order valence-electron chi connectivity index (χ4n) is 5.10. The summed E-state index contributed by atoms with van der Waals surface area (Å²) in [7, 11) is 0. The van der Waals surface area contributed by atoms with E-state index in [9.17, 15) is 19.2 Å². The van der Waals surface area contributed by atoms with Crippen molar-refractivity contribution >= 4 is 23.6 Å². The molecule has 0 aromatic rings. The molecular weight excluding hydrogens is 284 g/mol. The maximum Gasteiger partial charge on any atom is 0.328 e. The Bertz CT molecular complexity index is 612. The maximum atomic E-state index is 12.9. The van der Waals surface area contributed by atoms with Gasteiger partial charge >= 0.3 is 6.03 Å². The Hall–Kier alpha value is -1.98. The number of allylic oxidation sites excluding steroid dienone is 1. The Morgan fingerprint density at radius 3 is 2.00 bits per heavy atom. The molecule has 4 unspecified atom stereocenters. The molecule has 0 bridgehead atoms. The number of Topliss-reactive ketones (excluding diaryl/α,β-unsaturated/α-hetero) is 1. The molecule has 1 aliphatic heterocycles. The minimum Gasteiger partial charge on any atom is -0.294 e. The number of nitrogens with one attached hydrogen (secondary N) is 2. The number of imide groups is 2. The Labute approximate surface area is 127 Å². The summed E-state index contributed by atoms with van der Waals surface area (Å²) in [5.41, 5.74) is 0.272. The van der Waals surface area contributed by atoms with Gasteiger partial charge in [0.05, 0.1) is 0 Å². The standard InChI is InChI=1S/C16H18N2O4/c19-13-9-6-2-4-7-3-1-5-8(10(7)9)11(13)12-14(20)17-16(22)18-15(12)21/h7-10H,1-6H2,(H2,17,18,20,21,22). The van der Waals surface area contributed by atoms with Crippen LogP contribution in [0.25, 0.3) is 0 Å². The zero-order valence-electron chi connectivity index (χ0n) is 12.2. The number of ketones is 1. The zero-order chi connectivity index (χ0) is 15.4. The summed E-state index contributed by atoms with van der Waals surface area (Å²) in [6, 6.07) is -0.816. The van der Waals surface area contributed by atoms with Crippen LogP contribution in [-0.2, 0) is 14.4 Å². The number of barbiturate groups is 1. The van der Waals surface area contributed by atoms with E-state index in [2.05, 4.69) is 10.6 Å². The van der Waals surface area contributed by atoms with Crippen LogP contribution in [0.1, 0.15) is 38.5 Å². The lowest BCUT2D eigenvalue weighted by molar-refractivity contribution is -0.125. The highest BCUT2D eigenvalue weighted by atomic mass is 16.2. The topological polar surface area (TPSA) is 92.3 Å². The van der Waals surface area contributed by atoms with Gasteiger partial charge in [0.1, 0.15) is 5.57 Å². The van der Waals surface area contributed by atoms with Gasteiger partial charge in [0, 0.05) is 11.5 Å². The molecule has 4 fully saturated rings. The lowest BCUT2D eigenvalue weighted by Gasteiger charge is -2.40. The number of amides is 4. The van der Waals surface area contributed by atoms with Crippen LogP contribution in [0.2, 0.25) is 0 Å². The molecule has 0 spiro atoms. The first-order valence-corrected chi connectivity index (χ1v) is 8.03. The van der Waals surface area contributed by atoms with Gasteiger partial charge in [-0.25, -0.2) is 4.79 Å². The van der Waals surface area contributed by atoms with Gasteiger partial charge in [0.25, 0.3) is 11.8 Å². The zero-order valence-corrected chi connectivity index (χ0v) is 12.2. The average Bonchev–Trinajstić information content (AvgIpc) is 2.75. The van der Waals surface area contributed by atoms with Gasteiger partial charge in [-0.15, -0.1) is 0 Å². The number of hydrogen-bond acceptors (Lipinski definition) is 4. The fraction of sp³-hybridized carbons (Fsp3) is 0.625. The van der Waals surface area contributed by atoms with E-state index in [0.29, 0.717) is 11.5 Å². The molecule has 4 amide bonds. The Kier molecular flexibility index (Phi) is 2.96. The summed E-state index contributed by atoms with van der Waals surface area (Å²) in [6.45, 7) is 0. The van der Waals surface area contributed by atoms with Crippen LogP contribution in [0.3, 0.4) is 0 Å². The monoisotopic (exact) mass is 302 g/mol. The molecule has 0 radical (unpaired) electrons. The van der Waals surface area contributed by atoms with Crippen molar-refractivity contribution in [2.24, 2.45) is 23.7 Å². The number of rotatable bonds is 0. The molecular formula is C16H18N2O4. The van der Waals surface area contributed by atoms with Crippen molar-refractivity contribution in [2.75, 3.05) is 0 Å². The van der Waals surface area contributed by atoms with Gasteiger partial charge in [-0.2, -0.15) is 0 Å². The predicted molar refractivity (Wildman–Crippen MR) is 75.4 cm³/mol. The smallest absolute Gasteiger partial charge is 0.294 e. The molecule has 6 nitrogen and oxygen atoms in total. The highest BCUT2D eigenvalue weighted by Gasteiger charge is 2.54. The van der Waals surface area contributed by atoms with E-state index in [-0.39, 0.29) is 29.1 Å². The van der Waals surface area contributed by atoms with Crippen LogP contribution in [0, 0.1) is 23.7 Å². The van der Waals surface area contributed by atoms with Crippen LogP contribution >= 0.6 is 0 Å². The SMILES string of the molecule is O=C1NC(=O)C(=C2C(=O)C3CCCC4CCCC2C43)C(=O)N1. The van der Waals surface area contributed by atoms with E-state index < -0.39 is 17.8 Å². The number of urea groups is 1. The van der Waals surface area contributed by atoms with Crippen molar-refractivity contribution in [1.82, 2.24) is 10.6 Å². The third kappa shape index (κ3) is 1.79. The highest BCUT2D eigenvalue weighted by molar-refractivity contribution is 6.32. The third-order valence-corrected chi connectivity index (χ3v) is 5.80. The molecule has 6 heteroatoms. The van der Waals surface area contributed by atoms with Crippen LogP contribution in [0.4, 0.5) is 4.79 Å². The second-order valence-corrected chi connectivity index (χ2v) is 6.80. The molecule has 4 rings (SSSR count). The molecule has 2 N–H and O–H groups in total. The van der Waals surface area contributed by atoms with E-state index in [4.69, 9.17) is 0 Å². The first-order valence-electron chi connectivity index (χ1n) is 8.03. The summed E-state index contributed by atoms with van der Waals surface area (Å²) in [4.78, 5) is 48.3. The van der Waals surface area contributed by atoms with Crippen molar-refractivity contribution in [3.8, 4) is 0 Å². The molecule has 1 saturated heterocycles. The molecule has 3 saturated carbocycles. The van der Waals surface area contributed by atoms with Gasteiger partial charge in [0.15, 0.2) is 5.78 Å². The maximum absolute atomic E-state index is 12.9. The van der Waals surface area contributed by atoms with E-state index in [1.807, 2.05) is 0 Å². The van der Waals surface area contributed by atoms with E-state index in [1.165, 1.54) is 0 Å². The lowest BCUT2D eigenvalue weighted by Crippen LogP contribution is -2.52. The number of hydrogen-bond donors (Lipinski definition) is 2. The molecule has 0 aromatic heterocycles. The van der Waals surface area contributed by atoms with E-state index in [1.54, 1.807) is 0 Å². The normalized spacial score (nSPS) is 37.8. The summed E-state index contributed by atoms with van der Waals surface area (Å²) >= 11 is 0. The molecule has 116 valence electrons. The Morgan fingerprint density at radius 1 is 0.773 bits per heavy atom. The summed E-state index contributed by atoms with van der Waals surface area (Å²) < 4.78 is 0. The van der Waals surface area contributed by atoms with Gasteiger partial charge in [-0.3, -0.25) is 25.0 Å². The molecule has 1 heterocycles. The minimum atomic E-state index is -0.816. The second kappa shape index (κ2) is 4.76. The average molecular weight is 302 g/mol. The number of carbonyl (C=O) groups is 4. The summed E-state index contributed by atoms with van der Waals surface area (Å²) in [5.74, 6) is -0.681. The lowest BCUT2D eigenvalue weighted by atomic mass is 9.64. The second-order valence-electron chi connectivity index (χ2n) is 6.80.